The lowest BCUT2D eigenvalue weighted by Gasteiger charge is -2.31. The van der Waals surface area contributed by atoms with Crippen LogP contribution >= 0.6 is 0 Å². The van der Waals surface area contributed by atoms with Gasteiger partial charge in [-0.05, 0) is 25.7 Å². The molecule has 3 nitrogen and oxygen atoms in total. The Hall–Kier alpha value is -0.710. The van der Waals surface area contributed by atoms with E-state index in [1.54, 1.807) is 4.90 Å². The fraction of sp³-hybridized carbons (Fsp3) is 0.917. The van der Waals surface area contributed by atoms with E-state index in [4.69, 9.17) is 5.11 Å². The summed E-state index contributed by atoms with van der Waals surface area (Å²) in [6.07, 6.45) is 2.16. The van der Waals surface area contributed by atoms with E-state index in [9.17, 15) is 13.6 Å². The van der Waals surface area contributed by atoms with Crippen molar-refractivity contribution in [2.24, 2.45) is 5.92 Å². The SMILES string of the molecule is O=C(C1CCC(F)(F)CC1)N(CCO)C1CC1. The Morgan fingerprint density at radius 3 is 2.29 bits per heavy atom. The summed E-state index contributed by atoms with van der Waals surface area (Å²) >= 11 is 0. The summed E-state index contributed by atoms with van der Waals surface area (Å²) in [7, 11) is 0. The van der Waals surface area contributed by atoms with Crippen molar-refractivity contribution in [3.63, 3.8) is 0 Å². The summed E-state index contributed by atoms with van der Waals surface area (Å²) in [5, 5.41) is 8.93. The smallest absolute Gasteiger partial charge is 0.248 e. The maximum atomic E-state index is 13.0. The quantitative estimate of drug-likeness (QED) is 0.823. The van der Waals surface area contributed by atoms with E-state index >= 15 is 0 Å². The highest BCUT2D eigenvalue weighted by atomic mass is 19.3. The molecule has 17 heavy (non-hydrogen) atoms. The van der Waals surface area contributed by atoms with Crippen LogP contribution in [0.4, 0.5) is 8.78 Å². The molecule has 0 aromatic rings. The van der Waals surface area contributed by atoms with Gasteiger partial charge in [0.2, 0.25) is 11.8 Å². The first-order valence-corrected chi connectivity index (χ1v) is 6.33. The predicted molar refractivity (Wildman–Crippen MR) is 58.7 cm³/mol. The van der Waals surface area contributed by atoms with Gasteiger partial charge in [0.25, 0.3) is 0 Å². The molecule has 1 N–H and O–H groups in total. The van der Waals surface area contributed by atoms with Gasteiger partial charge < -0.3 is 10.0 Å². The first-order chi connectivity index (χ1) is 8.03. The molecule has 0 aromatic heterocycles. The topological polar surface area (TPSA) is 40.5 Å². The lowest BCUT2D eigenvalue weighted by atomic mass is 9.86. The summed E-state index contributed by atoms with van der Waals surface area (Å²) in [5.41, 5.74) is 0. The standard InChI is InChI=1S/C12H19F2NO2/c13-12(14)5-3-9(4-6-12)11(17)15(7-8-16)10-1-2-10/h9-10,16H,1-8H2. The summed E-state index contributed by atoms with van der Waals surface area (Å²) in [6, 6.07) is 0.247. The summed E-state index contributed by atoms with van der Waals surface area (Å²) in [6.45, 7) is 0.293. The molecule has 0 atom stereocenters. The van der Waals surface area contributed by atoms with Gasteiger partial charge in [0, 0.05) is 31.3 Å². The van der Waals surface area contributed by atoms with E-state index in [0.717, 1.165) is 12.8 Å². The minimum absolute atomic E-state index is 0.0305. The Morgan fingerprint density at radius 1 is 1.24 bits per heavy atom. The molecular formula is C12H19F2NO2. The third-order valence-electron chi connectivity index (χ3n) is 3.68. The van der Waals surface area contributed by atoms with Gasteiger partial charge in [-0.15, -0.1) is 0 Å². The van der Waals surface area contributed by atoms with Gasteiger partial charge in [-0.2, -0.15) is 0 Å². The Kier molecular flexibility index (Phi) is 3.66. The van der Waals surface area contributed by atoms with Crippen molar-refractivity contribution in [2.45, 2.75) is 50.5 Å². The first kappa shape index (κ1) is 12.7. The van der Waals surface area contributed by atoms with Gasteiger partial charge in [-0.25, -0.2) is 8.78 Å². The number of halogens is 2. The molecule has 98 valence electrons. The number of aliphatic hydroxyl groups is 1. The first-order valence-electron chi connectivity index (χ1n) is 6.33. The van der Waals surface area contributed by atoms with E-state index in [2.05, 4.69) is 0 Å². The molecule has 0 radical (unpaired) electrons. The van der Waals surface area contributed by atoms with Crippen LogP contribution in [0.3, 0.4) is 0 Å². The Morgan fingerprint density at radius 2 is 1.82 bits per heavy atom. The highest BCUT2D eigenvalue weighted by Crippen LogP contribution is 2.38. The molecule has 2 aliphatic rings. The minimum atomic E-state index is -2.59. The highest BCUT2D eigenvalue weighted by molar-refractivity contribution is 5.79. The fourth-order valence-electron chi connectivity index (χ4n) is 2.49. The third-order valence-corrected chi connectivity index (χ3v) is 3.68. The van der Waals surface area contributed by atoms with Gasteiger partial charge in [0.15, 0.2) is 0 Å². The van der Waals surface area contributed by atoms with E-state index in [0.29, 0.717) is 6.54 Å². The molecule has 1 amide bonds. The normalized spacial score (nSPS) is 24.6. The average Bonchev–Trinajstić information content (AvgIpc) is 3.09. The molecule has 0 heterocycles. The van der Waals surface area contributed by atoms with Crippen molar-refractivity contribution in [3.05, 3.63) is 0 Å². The molecule has 0 saturated heterocycles. The van der Waals surface area contributed by atoms with Crippen molar-refractivity contribution in [2.75, 3.05) is 13.2 Å². The number of amides is 1. The van der Waals surface area contributed by atoms with E-state index in [1.807, 2.05) is 0 Å². The second-order valence-electron chi connectivity index (χ2n) is 5.12. The van der Waals surface area contributed by atoms with Crippen LogP contribution in [-0.2, 0) is 4.79 Å². The zero-order chi connectivity index (χ0) is 12.5. The molecule has 0 unspecified atom stereocenters. The van der Waals surface area contributed by atoms with Crippen LogP contribution in [0.1, 0.15) is 38.5 Å². The molecule has 0 aromatic carbocycles. The number of carbonyl (C=O) groups excluding carboxylic acids is 1. The Labute approximate surface area is 99.8 Å². The molecule has 2 fully saturated rings. The molecule has 0 bridgehead atoms. The fourth-order valence-corrected chi connectivity index (χ4v) is 2.49. The Balaban J connectivity index is 1.90. The molecule has 2 aliphatic carbocycles. The number of aliphatic hydroxyl groups excluding tert-OH is 1. The zero-order valence-electron chi connectivity index (χ0n) is 9.87. The van der Waals surface area contributed by atoms with Crippen molar-refractivity contribution in [1.82, 2.24) is 4.90 Å². The monoisotopic (exact) mass is 247 g/mol. The Bertz CT molecular complexity index is 282. The van der Waals surface area contributed by atoms with Crippen LogP contribution < -0.4 is 0 Å². The van der Waals surface area contributed by atoms with Crippen LogP contribution in [0.5, 0.6) is 0 Å². The van der Waals surface area contributed by atoms with Gasteiger partial charge in [0.05, 0.1) is 6.61 Å². The number of rotatable bonds is 4. The lowest BCUT2D eigenvalue weighted by molar-refractivity contribution is -0.140. The third kappa shape index (κ3) is 3.15. The van der Waals surface area contributed by atoms with Crippen LogP contribution in [0.25, 0.3) is 0 Å². The predicted octanol–water partition coefficient (Wildman–Crippen LogP) is 1.80. The summed E-state index contributed by atoms with van der Waals surface area (Å²) in [5.74, 6) is -2.88. The van der Waals surface area contributed by atoms with Crippen molar-refractivity contribution >= 4 is 5.91 Å². The molecule has 2 rings (SSSR count). The van der Waals surface area contributed by atoms with Crippen LogP contribution in [0.15, 0.2) is 0 Å². The summed E-state index contributed by atoms with van der Waals surface area (Å²) in [4.78, 5) is 13.8. The number of hydrogen-bond donors (Lipinski definition) is 1. The van der Waals surface area contributed by atoms with Gasteiger partial charge in [-0.3, -0.25) is 4.79 Å². The zero-order valence-corrected chi connectivity index (χ0v) is 9.87. The molecular weight excluding hydrogens is 228 g/mol. The number of alkyl halides is 2. The van der Waals surface area contributed by atoms with Crippen LogP contribution in [0.2, 0.25) is 0 Å². The maximum absolute atomic E-state index is 13.0. The highest BCUT2D eigenvalue weighted by Gasteiger charge is 2.41. The van der Waals surface area contributed by atoms with Gasteiger partial charge in [0.1, 0.15) is 0 Å². The van der Waals surface area contributed by atoms with Crippen LogP contribution in [0, 0.1) is 5.92 Å². The summed E-state index contributed by atoms with van der Waals surface area (Å²) < 4.78 is 26.0. The van der Waals surface area contributed by atoms with E-state index in [1.165, 1.54) is 0 Å². The second kappa shape index (κ2) is 4.88. The minimum Gasteiger partial charge on any atom is -0.395 e. The number of carbonyl (C=O) groups is 1. The van der Waals surface area contributed by atoms with Crippen molar-refractivity contribution in [3.8, 4) is 0 Å². The molecule has 5 heteroatoms. The van der Waals surface area contributed by atoms with Gasteiger partial charge in [-0.1, -0.05) is 0 Å². The van der Waals surface area contributed by atoms with Crippen molar-refractivity contribution < 1.29 is 18.7 Å². The number of hydrogen-bond acceptors (Lipinski definition) is 2. The second-order valence-corrected chi connectivity index (χ2v) is 5.12. The van der Waals surface area contributed by atoms with E-state index < -0.39 is 5.92 Å². The molecule has 0 aliphatic heterocycles. The van der Waals surface area contributed by atoms with Crippen molar-refractivity contribution in [1.29, 1.82) is 0 Å². The van der Waals surface area contributed by atoms with Gasteiger partial charge >= 0.3 is 0 Å². The lowest BCUT2D eigenvalue weighted by Crippen LogP contribution is -2.42. The maximum Gasteiger partial charge on any atom is 0.248 e. The van der Waals surface area contributed by atoms with Crippen LogP contribution in [-0.4, -0.2) is 41.0 Å². The van der Waals surface area contributed by atoms with E-state index in [-0.39, 0.29) is 50.2 Å². The average molecular weight is 247 g/mol. The number of nitrogens with zero attached hydrogens (tertiary/aromatic N) is 1. The largest absolute Gasteiger partial charge is 0.395 e. The molecule has 2 saturated carbocycles. The molecule has 0 spiro atoms.